The Hall–Kier alpha value is -2.77. The van der Waals surface area contributed by atoms with Gasteiger partial charge in [0.15, 0.2) is 6.29 Å². The smallest absolute Gasteiger partial charge is 0.269 e. The van der Waals surface area contributed by atoms with Crippen molar-refractivity contribution in [2.24, 2.45) is 0 Å². The summed E-state index contributed by atoms with van der Waals surface area (Å²) in [5, 5.41) is 5.50. The first kappa shape index (κ1) is 24.5. The van der Waals surface area contributed by atoms with Crippen LogP contribution in [0.3, 0.4) is 0 Å². The van der Waals surface area contributed by atoms with Crippen LogP contribution in [0.1, 0.15) is 71.6 Å². The Bertz CT molecular complexity index is 836. The zero-order valence-electron chi connectivity index (χ0n) is 18.8. The van der Waals surface area contributed by atoms with Crippen molar-refractivity contribution in [1.82, 2.24) is 15.6 Å². The number of aromatic nitrogens is 1. The van der Waals surface area contributed by atoms with Crippen molar-refractivity contribution in [3.8, 4) is 0 Å². The molecule has 1 aromatic heterocycles. The second kappa shape index (κ2) is 12.8. The molecule has 31 heavy (non-hydrogen) atoms. The quantitative estimate of drug-likeness (QED) is 0.400. The van der Waals surface area contributed by atoms with Gasteiger partial charge in [0.05, 0.1) is 0 Å². The van der Waals surface area contributed by atoms with Crippen molar-refractivity contribution in [2.45, 2.75) is 45.8 Å². The molecule has 0 saturated heterocycles. The summed E-state index contributed by atoms with van der Waals surface area (Å²) in [7, 11) is 1.55. The van der Waals surface area contributed by atoms with Crippen LogP contribution >= 0.6 is 0 Å². The third kappa shape index (κ3) is 7.45. The van der Waals surface area contributed by atoms with Gasteiger partial charge in [0.1, 0.15) is 5.69 Å². The van der Waals surface area contributed by atoms with Gasteiger partial charge < -0.3 is 20.1 Å². The van der Waals surface area contributed by atoms with E-state index in [9.17, 15) is 9.59 Å². The molecule has 0 aliphatic carbocycles. The lowest BCUT2D eigenvalue weighted by atomic mass is 9.96. The van der Waals surface area contributed by atoms with E-state index in [4.69, 9.17) is 9.47 Å². The molecule has 0 saturated carbocycles. The molecular weight excluding hydrogens is 394 g/mol. The van der Waals surface area contributed by atoms with Crippen molar-refractivity contribution >= 4 is 11.8 Å². The highest BCUT2D eigenvalue weighted by molar-refractivity contribution is 5.98. The highest BCUT2D eigenvalue weighted by Gasteiger charge is 2.18. The number of pyridine rings is 1. The average Bonchev–Trinajstić information content (AvgIpc) is 2.81. The van der Waals surface area contributed by atoms with Crippen LogP contribution in [-0.4, -0.2) is 49.9 Å². The van der Waals surface area contributed by atoms with Gasteiger partial charge in [-0.15, -0.1) is 0 Å². The summed E-state index contributed by atoms with van der Waals surface area (Å²) in [6, 6.07) is 13.2. The van der Waals surface area contributed by atoms with Crippen molar-refractivity contribution < 1.29 is 19.1 Å². The van der Waals surface area contributed by atoms with Crippen LogP contribution in [0.25, 0.3) is 0 Å². The lowest BCUT2D eigenvalue weighted by Gasteiger charge is -2.17. The van der Waals surface area contributed by atoms with E-state index in [0.717, 1.165) is 12.0 Å². The van der Waals surface area contributed by atoms with Gasteiger partial charge in [-0.25, -0.2) is 4.98 Å². The molecule has 2 amide bonds. The number of nitrogens with one attached hydrogen (secondary N) is 2. The Morgan fingerprint density at radius 2 is 1.71 bits per heavy atom. The molecule has 1 atom stereocenters. The Balaban J connectivity index is 2.11. The highest BCUT2D eigenvalue weighted by Crippen LogP contribution is 2.23. The first-order valence-corrected chi connectivity index (χ1v) is 10.8. The van der Waals surface area contributed by atoms with Crippen molar-refractivity contribution in [3.05, 3.63) is 65.0 Å². The Morgan fingerprint density at radius 1 is 1.03 bits per heavy atom. The van der Waals surface area contributed by atoms with Crippen LogP contribution in [0.2, 0.25) is 0 Å². The van der Waals surface area contributed by atoms with E-state index in [1.165, 1.54) is 6.07 Å². The van der Waals surface area contributed by atoms with Crippen molar-refractivity contribution in [1.29, 1.82) is 0 Å². The van der Waals surface area contributed by atoms with Crippen molar-refractivity contribution in [2.75, 3.05) is 26.8 Å². The number of carbonyl (C=O) groups is 2. The molecule has 0 aliphatic rings. The fourth-order valence-corrected chi connectivity index (χ4v) is 3.22. The minimum absolute atomic E-state index is 0.0597. The van der Waals surface area contributed by atoms with Crippen molar-refractivity contribution in [3.63, 3.8) is 0 Å². The molecule has 0 bridgehead atoms. The van der Waals surface area contributed by atoms with Gasteiger partial charge in [0, 0.05) is 50.4 Å². The van der Waals surface area contributed by atoms with Gasteiger partial charge >= 0.3 is 0 Å². The van der Waals surface area contributed by atoms with Crippen LogP contribution in [0.5, 0.6) is 0 Å². The fraction of sp³-hybridized carbons (Fsp3) is 0.458. The van der Waals surface area contributed by atoms with E-state index >= 15 is 0 Å². The predicted molar refractivity (Wildman–Crippen MR) is 120 cm³/mol. The molecule has 1 unspecified atom stereocenters. The Morgan fingerprint density at radius 3 is 2.32 bits per heavy atom. The van der Waals surface area contributed by atoms with Gasteiger partial charge in [-0.1, -0.05) is 37.3 Å². The number of carbonyl (C=O) groups excluding carboxylic acids is 2. The van der Waals surface area contributed by atoms with Gasteiger partial charge in [-0.2, -0.15) is 0 Å². The molecule has 7 heteroatoms. The molecule has 168 valence electrons. The summed E-state index contributed by atoms with van der Waals surface area (Å²) in [6.07, 6.45) is 1.15. The van der Waals surface area contributed by atoms with Gasteiger partial charge in [-0.05, 0) is 38.0 Å². The van der Waals surface area contributed by atoms with E-state index in [2.05, 4.69) is 15.6 Å². The van der Waals surface area contributed by atoms with Crippen LogP contribution in [-0.2, 0) is 9.47 Å². The van der Waals surface area contributed by atoms with Crippen LogP contribution < -0.4 is 10.6 Å². The molecule has 1 heterocycles. The molecule has 2 aromatic rings. The largest absolute Gasteiger partial charge is 0.354 e. The lowest BCUT2D eigenvalue weighted by molar-refractivity contribution is -0.139. The van der Waals surface area contributed by atoms with E-state index in [-0.39, 0.29) is 29.7 Å². The molecular formula is C24H33N3O4. The maximum Gasteiger partial charge on any atom is 0.269 e. The summed E-state index contributed by atoms with van der Waals surface area (Å²) >= 11 is 0. The molecule has 0 aliphatic heterocycles. The number of benzene rings is 1. The van der Waals surface area contributed by atoms with Gasteiger partial charge in [-0.3, -0.25) is 9.59 Å². The molecule has 0 spiro atoms. The number of hydrogen-bond donors (Lipinski definition) is 2. The maximum atomic E-state index is 12.8. The van der Waals surface area contributed by atoms with E-state index in [1.807, 2.05) is 51.1 Å². The third-order valence-electron chi connectivity index (χ3n) is 4.92. The first-order chi connectivity index (χ1) is 15.0. The number of hydrogen-bond acceptors (Lipinski definition) is 5. The summed E-state index contributed by atoms with van der Waals surface area (Å²) in [6.45, 7) is 7.51. The fourth-order valence-electron chi connectivity index (χ4n) is 3.22. The number of rotatable bonds is 12. The molecule has 2 rings (SSSR count). The Labute approximate surface area is 184 Å². The van der Waals surface area contributed by atoms with Crippen LogP contribution in [0.4, 0.5) is 0 Å². The maximum absolute atomic E-state index is 12.8. The number of ether oxygens (including phenoxy) is 2. The van der Waals surface area contributed by atoms with E-state index in [0.29, 0.717) is 37.4 Å². The average molecular weight is 428 g/mol. The second-order valence-corrected chi connectivity index (χ2v) is 7.12. The minimum Gasteiger partial charge on any atom is -0.354 e. The van der Waals surface area contributed by atoms with Gasteiger partial charge in [0.25, 0.3) is 11.8 Å². The van der Waals surface area contributed by atoms with Gasteiger partial charge in [0.2, 0.25) is 0 Å². The number of nitrogens with zero attached hydrogens (tertiary/aromatic N) is 1. The lowest BCUT2D eigenvalue weighted by Crippen LogP contribution is -2.27. The monoisotopic (exact) mass is 427 g/mol. The third-order valence-corrected chi connectivity index (χ3v) is 4.92. The predicted octanol–water partition coefficient (Wildman–Crippen LogP) is 3.50. The summed E-state index contributed by atoms with van der Waals surface area (Å²) in [5.74, 6) is -0.624. The molecule has 1 aromatic carbocycles. The topological polar surface area (TPSA) is 89.5 Å². The molecule has 0 radical (unpaired) electrons. The zero-order valence-corrected chi connectivity index (χ0v) is 18.8. The second-order valence-electron chi connectivity index (χ2n) is 7.12. The molecule has 7 nitrogen and oxygen atoms in total. The summed E-state index contributed by atoms with van der Waals surface area (Å²) in [5.41, 5.74) is 2.37. The van der Waals surface area contributed by atoms with Crippen LogP contribution in [0.15, 0.2) is 42.5 Å². The summed E-state index contributed by atoms with van der Waals surface area (Å²) < 4.78 is 11.0. The number of amides is 2. The first-order valence-electron chi connectivity index (χ1n) is 10.8. The Kier molecular flexibility index (Phi) is 10.1. The zero-order chi connectivity index (χ0) is 22.6. The van der Waals surface area contributed by atoms with Crippen LogP contribution in [0, 0.1) is 0 Å². The standard InChI is InChI=1S/C24H33N3O4/c1-5-30-22(31-6-2)13-10-14-26-23(28)19-15-20(27-21(16-19)24(29)25-4)17(3)18-11-8-7-9-12-18/h7-9,11-12,15-17,22H,5-6,10,13-14H2,1-4H3,(H,25,29)(H,26,28). The highest BCUT2D eigenvalue weighted by atomic mass is 16.7. The normalized spacial score (nSPS) is 11.9. The SMILES string of the molecule is CCOC(CCCNC(=O)c1cc(C(=O)NC)nc(C(C)c2ccccc2)c1)OCC. The molecule has 2 N–H and O–H groups in total. The summed E-state index contributed by atoms with van der Waals surface area (Å²) in [4.78, 5) is 29.5. The van der Waals surface area contributed by atoms with E-state index < -0.39 is 0 Å². The van der Waals surface area contributed by atoms with E-state index in [1.54, 1.807) is 13.1 Å². The molecule has 0 fully saturated rings. The minimum atomic E-state index is -0.326.